The first kappa shape index (κ1) is 25.3. The molecule has 2 amide bonds. The van der Waals surface area contributed by atoms with Crippen LogP contribution in [0.1, 0.15) is 66.3 Å². The van der Waals surface area contributed by atoms with E-state index in [1.54, 1.807) is 14.2 Å². The Morgan fingerprint density at radius 2 is 1.68 bits per heavy atom. The number of methoxy groups -OCH3 is 2. The van der Waals surface area contributed by atoms with Crippen molar-refractivity contribution in [1.29, 1.82) is 0 Å². The molecule has 0 N–H and O–H groups in total. The summed E-state index contributed by atoms with van der Waals surface area (Å²) >= 11 is 0. The molecule has 1 atom stereocenters. The van der Waals surface area contributed by atoms with Crippen LogP contribution in [0.2, 0.25) is 0 Å². The van der Waals surface area contributed by atoms with Gasteiger partial charge in [-0.05, 0) is 62.6 Å². The van der Waals surface area contributed by atoms with Crippen LogP contribution in [-0.4, -0.2) is 60.1 Å². The van der Waals surface area contributed by atoms with E-state index in [0.29, 0.717) is 12.5 Å². The van der Waals surface area contributed by atoms with Crippen molar-refractivity contribution in [2.45, 2.75) is 71.0 Å². The number of carbonyl (C=O) groups is 1. The van der Waals surface area contributed by atoms with Gasteiger partial charge in [0, 0.05) is 49.4 Å². The average Bonchev–Trinajstić information content (AvgIpc) is 3.71. The van der Waals surface area contributed by atoms with Gasteiger partial charge in [0.05, 0.1) is 26.3 Å². The molecule has 3 heterocycles. The summed E-state index contributed by atoms with van der Waals surface area (Å²) < 4.78 is 11.4. The molecule has 1 saturated carbocycles. The molecule has 1 spiro atoms. The minimum atomic E-state index is -0.230. The van der Waals surface area contributed by atoms with Gasteiger partial charge in [0.25, 0.3) is 0 Å². The Morgan fingerprint density at radius 3 is 2.32 bits per heavy atom. The van der Waals surface area contributed by atoms with Gasteiger partial charge in [0.1, 0.15) is 11.5 Å². The molecular weight excluding hydrogens is 474 g/mol. The number of amides is 2. The largest absolute Gasteiger partial charge is 0.497 e. The molecule has 6 nitrogen and oxygen atoms in total. The van der Waals surface area contributed by atoms with Crippen molar-refractivity contribution in [1.82, 2.24) is 14.7 Å². The normalized spacial score (nSPS) is 22.7. The second-order valence-electron chi connectivity index (χ2n) is 12.0. The highest BCUT2D eigenvalue weighted by molar-refractivity contribution is 5.83. The number of likely N-dealkylation sites (tertiary alicyclic amines) is 1. The van der Waals surface area contributed by atoms with Crippen LogP contribution in [0.15, 0.2) is 42.1 Å². The highest BCUT2D eigenvalue weighted by atomic mass is 16.5. The van der Waals surface area contributed by atoms with E-state index in [-0.39, 0.29) is 17.5 Å². The van der Waals surface area contributed by atoms with Crippen LogP contribution in [0.3, 0.4) is 0 Å². The van der Waals surface area contributed by atoms with E-state index in [2.05, 4.69) is 65.8 Å². The zero-order valence-corrected chi connectivity index (χ0v) is 23.5. The summed E-state index contributed by atoms with van der Waals surface area (Å²) in [6, 6.07) is 11.1. The van der Waals surface area contributed by atoms with Crippen LogP contribution in [0, 0.1) is 19.8 Å². The Hall–Kier alpha value is -2.99. The van der Waals surface area contributed by atoms with Gasteiger partial charge in [0.15, 0.2) is 0 Å². The van der Waals surface area contributed by atoms with Crippen molar-refractivity contribution in [3.05, 3.63) is 69.9 Å². The van der Waals surface area contributed by atoms with E-state index in [1.165, 1.54) is 40.8 Å². The monoisotopic (exact) mass is 515 g/mol. The summed E-state index contributed by atoms with van der Waals surface area (Å²) in [4.78, 5) is 21.0. The van der Waals surface area contributed by atoms with E-state index in [9.17, 15) is 4.79 Å². The number of hydrogen-bond donors (Lipinski definition) is 0. The van der Waals surface area contributed by atoms with Crippen molar-refractivity contribution in [3.8, 4) is 11.5 Å². The van der Waals surface area contributed by atoms with Gasteiger partial charge in [-0.25, -0.2) is 4.79 Å². The molecule has 6 rings (SSSR count). The Morgan fingerprint density at radius 1 is 0.974 bits per heavy atom. The van der Waals surface area contributed by atoms with Crippen LogP contribution >= 0.6 is 0 Å². The minimum Gasteiger partial charge on any atom is -0.497 e. The number of carbonyl (C=O) groups excluding carboxylic acids is 1. The zero-order valence-electron chi connectivity index (χ0n) is 23.5. The van der Waals surface area contributed by atoms with Gasteiger partial charge in [-0.2, -0.15) is 0 Å². The first-order valence-corrected chi connectivity index (χ1v) is 14.2. The predicted octanol–water partition coefficient (Wildman–Crippen LogP) is 6.00. The molecule has 4 aliphatic rings. The fraction of sp³-hybridized carbons (Fsp3) is 0.531. The smallest absolute Gasteiger partial charge is 0.325 e. The van der Waals surface area contributed by atoms with Gasteiger partial charge in [-0.3, -0.25) is 9.80 Å². The average molecular weight is 516 g/mol. The first-order chi connectivity index (χ1) is 18.3. The van der Waals surface area contributed by atoms with Crippen LogP contribution in [0.4, 0.5) is 4.79 Å². The van der Waals surface area contributed by atoms with E-state index in [1.807, 2.05) is 6.07 Å². The number of rotatable bonds is 6. The van der Waals surface area contributed by atoms with E-state index >= 15 is 0 Å². The lowest BCUT2D eigenvalue weighted by molar-refractivity contribution is 0.0830. The fourth-order valence-electron chi connectivity index (χ4n) is 7.14. The molecular formula is C32H41N3O3. The fourth-order valence-corrected chi connectivity index (χ4v) is 7.14. The summed E-state index contributed by atoms with van der Waals surface area (Å²) in [5.41, 5.74) is 7.29. The summed E-state index contributed by atoms with van der Waals surface area (Å²) in [7, 11) is 3.40. The first-order valence-electron chi connectivity index (χ1n) is 14.2. The molecule has 2 saturated heterocycles. The molecule has 3 aliphatic heterocycles. The lowest BCUT2D eigenvalue weighted by atomic mass is 9.81. The van der Waals surface area contributed by atoms with E-state index < -0.39 is 0 Å². The van der Waals surface area contributed by atoms with Crippen molar-refractivity contribution >= 4 is 6.03 Å². The third-order valence-corrected chi connectivity index (χ3v) is 9.10. The molecule has 2 aromatic rings. The highest BCUT2D eigenvalue weighted by Crippen LogP contribution is 2.50. The van der Waals surface area contributed by atoms with Gasteiger partial charge in [-0.1, -0.05) is 42.3 Å². The number of urea groups is 1. The number of nitrogens with zero attached hydrogens (tertiary/aromatic N) is 3. The summed E-state index contributed by atoms with van der Waals surface area (Å²) in [6.07, 6.45) is 6.80. The maximum absolute atomic E-state index is 14.1. The molecule has 0 radical (unpaired) electrons. The lowest BCUT2D eigenvalue weighted by Crippen LogP contribution is -2.54. The minimum absolute atomic E-state index is 0.143. The number of fused-ring (bicyclic) bond motifs is 3. The van der Waals surface area contributed by atoms with Crippen molar-refractivity contribution < 1.29 is 14.3 Å². The number of allylic oxidation sites excluding steroid dienone is 1. The Kier molecular flexibility index (Phi) is 6.42. The molecule has 0 aromatic heterocycles. The molecule has 1 aliphatic carbocycles. The summed E-state index contributed by atoms with van der Waals surface area (Å²) in [5, 5.41) is 0. The molecule has 1 unspecified atom stereocenters. The topological polar surface area (TPSA) is 45.3 Å². The number of ether oxygens (including phenoxy) is 2. The van der Waals surface area contributed by atoms with Gasteiger partial charge in [0.2, 0.25) is 0 Å². The Labute approximate surface area is 227 Å². The standard InChI is InChI=1S/C32H41N3O3/c1-21-12-22(2)14-25(13-21)18-33-10-8-32(9-11-33)29-15-23(3)30-26(16-27(37-4)17-28(30)38-5)20-34(29)31(36)35(32)19-24-6-7-24/h12-17,23-24H,6-11,18-20H2,1-5H3. The van der Waals surface area contributed by atoms with Gasteiger partial charge < -0.3 is 14.4 Å². The Balaban J connectivity index is 1.33. The highest BCUT2D eigenvalue weighted by Gasteiger charge is 2.56. The number of aryl methyl sites for hydroxylation is 2. The van der Waals surface area contributed by atoms with E-state index in [4.69, 9.17) is 9.47 Å². The van der Waals surface area contributed by atoms with Crippen LogP contribution < -0.4 is 9.47 Å². The third-order valence-electron chi connectivity index (χ3n) is 9.10. The van der Waals surface area contributed by atoms with Crippen molar-refractivity contribution in [3.63, 3.8) is 0 Å². The molecule has 38 heavy (non-hydrogen) atoms. The Bertz CT molecular complexity index is 1250. The van der Waals surface area contributed by atoms with Crippen molar-refractivity contribution in [2.75, 3.05) is 33.9 Å². The van der Waals surface area contributed by atoms with E-state index in [0.717, 1.165) is 56.1 Å². The second-order valence-corrected chi connectivity index (χ2v) is 12.0. The van der Waals surface area contributed by atoms with Crippen LogP contribution in [0.5, 0.6) is 11.5 Å². The second kappa shape index (κ2) is 9.64. The summed E-state index contributed by atoms with van der Waals surface area (Å²) in [6.45, 7) is 11.0. The number of piperidine rings is 1. The molecule has 202 valence electrons. The van der Waals surface area contributed by atoms with Gasteiger partial charge >= 0.3 is 6.03 Å². The maximum atomic E-state index is 14.1. The molecule has 3 fully saturated rings. The van der Waals surface area contributed by atoms with Crippen molar-refractivity contribution in [2.24, 2.45) is 5.92 Å². The SMILES string of the molecule is COc1cc2c(c(OC)c1)C(C)C=C1N(C2)C(=O)N(CC2CC2)C12CCN(Cc1cc(C)cc(C)c1)CC2. The van der Waals surface area contributed by atoms with Crippen LogP contribution in [-0.2, 0) is 13.1 Å². The maximum Gasteiger partial charge on any atom is 0.325 e. The third kappa shape index (κ3) is 4.37. The quantitative estimate of drug-likeness (QED) is 0.473. The lowest BCUT2D eigenvalue weighted by Gasteiger charge is -2.45. The number of benzene rings is 2. The summed E-state index contributed by atoms with van der Waals surface area (Å²) in [5.74, 6) is 2.40. The zero-order chi connectivity index (χ0) is 26.6. The molecule has 2 aromatic carbocycles. The number of hydrogen-bond acceptors (Lipinski definition) is 4. The molecule has 6 heteroatoms. The molecule has 0 bridgehead atoms. The predicted molar refractivity (Wildman–Crippen MR) is 150 cm³/mol. The van der Waals surface area contributed by atoms with Crippen LogP contribution in [0.25, 0.3) is 0 Å². The van der Waals surface area contributed by atoms with Gasteiger partial charge in [-0.15, -0.1) is 0 Å².